The maximum absolute atomic E-state index is 13.0. The van der Waals surface area contributed by atoms with Crippen molar-refractivity contribution >= 4 is 23.6 Å². The number of thioether (sulfide) groups is 1. The van der Waals surface area contributed by atoms with Gasteiger partial charge in [-0.05, 0) is 44.5 Å². The van der Waals surface area contributed by atoms with E-state index in [0.717, 1.165) is 34.4 Å². The molecule has 0 N–H and O–H groups in total. The van der Waals surface area contributed by atoms with Gasteiger partial charge in [0.2, 0.25) is 5.91 Å². The molecule has 0 radical (unpaired) electrons. The molecule has 212 valence electrons. The lowest BCUT2D eigenvalue weighted by Crippen LogP contribution is -2.56. The first-order valence-electron chi connectivity index (χ1n) is 14.0. The first-order valence-corrected chi connectivity index (χ1v) is 14.9. The summed E-state index contributed by atoms with van der Waals surface area (Å²) in [5, 5.41) is 9.81. The van der Waals surface area contributed by atoms with E-state index in [2.05, 4.69) is 46.0 Å². The number of amides is 2. The van der Waals surface area contributed by atoms with Crippen LogP contribution in [0.3, 0.4) is 0 Å². The number of benzene rings is 3. The Labute approximate surface area is 245 Å². The number of nitrogens with zero attached hydrogens (tertiary/aromatic N) is 5. The minimum Gasteiger partial charge on any atom is -0.484 e. The predicted octanol–water partition coefficient (Wildman–Crippen LogP) is 5.25. The molecule has 5 rings (SSSR count). The summed E-state index contributed by atoms with van der Waals surface area (Å²) >= 11 is 1.61. The van der Waals surface area contributed by atoms with E-state index in [-0.39, 0.29) is 24.5 Å². The molecule has 1 saturated heterocycles. The van der Waals surface area contributed by atoms with Crippen molar-refractivity contribution in [2.75, 3.05) is 32.0 Å². The van der Waals surface area contributed by atoms with E-state index in [0.29, 0.717) is 31.8 Å². The van der Waals surface area contributed by atoms with Crippen molar-refractivity contribution < 1.29 is 14.3 Å². The van der Waals surface area contributed by atoms with Gasteiger partial charge in [0.15, 0.2) is 17.6 Å². The lowest BCUT2D eigenvalue weighted by atomic mass is 10.1. The van der Waals surface area contributed by atoms with E-state index in [9.17, 15) is 9.59 Å². The highest BCUT2D eigenvalue weighted by Crippen LogP contribution is 2.28. The van der Waals surface area contributed by atoms with Crippen LogP contribution in [-0.4, -0.2) is 74.4 Å². The SMILES string of the molecule is Cc1ccc(-n2c(SCCCC(=O)N3CCN(C(=O)COc4ccccc4)C(C)C3)nnc2-c2ccccc2)cc1. The molecule has 0 aliphatic carbocycles. The first-order chi connectivity index (χ1) is 20.0. The Morgan fingerprint density at radius 3 is 2.32 bits per heavy atom. The van der Waals surface area contributed by atoms with E-state index in [4.69, 9.17) is 4.74 Å². The van der Waals surface area contributed by atoms with Crippen LogP contribution in [0.15, 0.2) is 90.1 Å². The maximum Gasteiger partial charge on any atom is 0.260 e. The van der Waals surface area contributed by atoms with E-state index < -0.39 is 0 Å². The second kappa shape index (κ2) is 13.5. The van der Waals surface area contributed by atoms with Gasteiger partial charge in [0.25, 0.3) is 5.91 Å². The molecule has 1 aromatic heterocycles. The molecule has 1 fully saturated rings. The van der Waals surface area contributed by atoms with Crippen molar-refractivity contribution in [3.05, 3.63) is 90.5 Å². The summed E-state index contributed by atoms with van der Waals surface area (Å²) < 4.78 is 7.71. The summed E-state index contributed by atoms with van der Waals surface area (Å²) in [5.74, 6) is 2.28. The molecule has 2 heterocycles. The number of rotatable bonds is 10. The summed E-state index contributed by atoms with van der Waals surface area (Å²) in [4.78, 5) is 29.4. The van der Waals surface area contributed by atoms with Crippen LogP contribution in [0.5, 0.6) is 5.75 Å². The largest absolute Gasteiger partial charge is 0.484 e. The van der Waals surface area contributed by atoms with Crippen molar-refractivity contribution in [3.63, 3.8) is 0 Å². The molecule has 41 heavy (non-hydrogen) atoms. The molecule has 3 aromatic carbocycles. The lowest BCUT2D eigenvalue weighted by molar-refractivity contribution is -0.143. The summed E-state index contributed by atoms with van der Waals surface area (Å²) in [6.45, 7) is 5.64. The highest BCUT2D eigenvalue weighted by molar-refractivity contribution is 7.99. The van der Waals surface area contributed by atoms with Gasteiger partial charge in [-0.25, -0.2) is 0 Å². The van der Waals surface area contributed by atoms with Crippen LogP contribution in [0.25, 0.3) is 17.1 Å². The summed E-state index contributed by atoms with van der Waals surface area (Å²) in [7, 11) is 0. The third kappa shape index (κ3) is 7.16. The van der Waals surface area contributed by atoms with Crippen molar-refractivity contribution in [2.24, 2.45) is 0 Å². The molecule has 1 atom stereocenters. The summed E-state index contributed by atoms with van der Waals surface area (Å²) in [6.07, 6.45) is 1.18. The van der Waals surface area contributed by atoms with Crippen LogP contribution in [0.2, 0.25) is 0 Å². The molecule has 0 saturated carbocycles. The molecule has 1 aliphatic rings. The maximum atomic E-state index is 13.0. The van der Waals surface area contributed by atoms with Gasteiger partial charge in [-0.1, -0.05) is 78.0 Å². The van der Waals surface area contributed by atoms with E-state index in [1.807, 2.05) is 77.4 Å². The number of ether oxygens (including phenoxy) is 1. The molecular formula is C32H35N5O3S. The van der Waals surface area contributed by atoms with Crippen molar-refractivity contribution in [3.8, 4) is 22.8 Å². The van der Waals surface area contributed by atoms with Crippen LogP contribution in [0.1, 0.15) is 25.3 Å². The second-order valence-electron chi connectivity index (χ2n) is 10.2. The first kappa shape index (κ1) is 28.4. The Hall–Kier alpha value is -4.11. The van der Waals surface area contributed by atoms with Crippen LogP contribution in [-0.2, 0) is 9.59 Å². The van der Waals surface area contributed by atoms with Gasteiger partial charge >= 0.3 is 0 Å². The summed E-state index contributed by atoms with van der Waals surface area (Å²) in [6, 6.07) is 27.7. The highest BCUT2D eigenvalue weighted by Gasteiger charge is 2.29. The fourth-order valence-corrected chi connectivity index (χ4v) is 5.80. The summed E-state index contributed by atoms with van der Waals surface area (Å²) in [5.41, 5.74) is 3.20. The smallest absolute Gasteiger partial charge is 0.260 e. The van der Waals surface area contributed by atoms with E-state index >= 15 is 0 Å². The van der Waals surface area contributed by atoms with Gasteiger partial charge in [-0.3, -0.25) is 14.2 Å². The van der Waals surface area contributed by atoms with Gasteiger partial charge in [-0.15, -0.1) is 10.2 Å². The monoisotopic (exact) mass is 569 g/mol. The number of piperazine rings is 1. The number of carbonyl (C=O) groups excluding carboxylic acids is 2. The van der Waals surface area contributed by atoms with Gasteiger partial charge in [0, 0.05) is 49.1 Å². The number of aryl methyl sites for hydroxylation is 1. The molecule has 2 amide bonds. The molecule has 0 spiro atoms. The topological polar surface area (TPSA) is 80.6 Å². The Kier molecular flexibility index (Phi) is 9.36. The van der Waals surface area contributed by atoms with Crippen molar-refractivity contribution in [1.82, 2.24) is 24.6 Å². The minimum atomic E-state index is -0.0580. The molecule has 0 bridgehead atoms. The van der Waals surface area contributed by atoms with Crippen LogP contribution >= 0.6 is 11.8 Å². The third-order valence-corrected chi connectivity index (χ3v) is 8.14. The van der Waals surface area contributed by atoms with Crippen molar-refractivity contribution in [2.45, 2.75) is 37.9 Å². The fourth-order valence-electron chi connectivity index (χ4n) is 4.91. The number of carbonyl (C=O) groups is 2. The van der Waals surface area contributed by atoms with Gasteiger partial charge < -0.3 is 14.5 Å². The average Bonchev–Trinajstić information content (AvgIpc) is 3.43. The average molecular weight is 570 g/mol. The minimum absolute atomic E-state index is 0.00127. The van der Waals surface area contributed by atoms with E-state index in [1.165, 1.54) is 5.56 Å². The van der Waals surface area contributed by atoms with Crippen molar-refractivity contribution in [1.29, 1.82) is 0 Å². The molecule has 9 heteroatoms. The molecule has 4 aromatic rings. The number of hydrogen-bond donors (Lipinski definition) is 0. The molecule has 1 unspecified atom stereocenters. The fraction of sp³-hybridized carbons (Fsp3) is 0.312. The predicted molar refractivity (Wildman–Crippen MR) is 161 cm³/mol. The second-order valence-corrected chi connectivity index (χ2v) is 11.2. The molecule has 1 aliphatic heterocycles. The zero-order valence-electron chi connectivity index (χ0n) is 23.5. The molecule has 8 nitrogen and oxygen atoms in total. The van der Waals surface area contributed by atoms with E-state index in [1.54, 1.807) is 11.8 Å². The quantitative estimate of drug-likeness (QED) is 0.192. The molecular weight excluding hydrogens is 534 g/mol. The van der Waals surface area contributed by atoms with Crippen LogP contribution in [0.4, 0.5) is 0 Å². The third-order valence-electron chi connectivity index (χ3n) is 7.13. The lowest BCUT2D eigenvalue weighted by Gasteiger charge is -2.39. The number of aromatic nitrogens is 3. The standard InChI is InChI=1S/C32H35N5O3S/c1-24-15-17-27(18-16-24)37-31(26-10-5-3-6-11-26)33-34-32(37)41-21-9-14-29(38)35-19-20-36(25(2)22-35)30(39)23-40-28-12-7-4-8-13-28/h3-8,10-13,15-18,25H,9,14,19-23H2,1-2H3. The van der Waals surface area contributed by atoms with Gasteiger partial charge in [-0.2, -0.15) is 0 Å². The zero-order chi connectivity index (χ0) is 28.6. The normalized spacial score (nSPS) is 15.1. The van der Waals surface area contributed by atoms with Crippen LogP contribution < -0.4 is 4.74 Å². The number of hydrogen-bond acceptors (Lipinski definition) is 6. The Bertz CT molecular complexity index is 1440. The highest BCUT2D eigenvalue weighted by atomic mass is 32.2. The zero-order valence-corrected chi connectivity index (χ0v) is 24.3. The van der Waals surface area contributed by atoms with Gasteiger partial charge in [0.05, 0.1) is 0 Å². The Morgan fingerprint density at radius 1 is 0.902 bits per heavy atom. The van der Waals surface area contributed by atoms with Crippen LogP contribution in [0, 0.1) is 6.92 Å². The Morgan fingerprint density at radius 2 is 1.61 bits per heavy atom. The number of para-hydroxylation sites is 1. The Balaban J connectivity index is 1.13. The van der Waals surface area contributed by atoms with Gasteiger partial charge in [0.1, 0.15) is 5.75 Å².